The summed E-state index contributed by atoms with van der Waals surface area (Å²) >= 11 is 0. The molecule has 2 aromatic rings. The van der Waals surface area contributed by atoms with Gasteiger partial charge in [-0.25, -0.2) is 4.79 Å². The van der Waals surface area contributed by atoms with Crippen LogP contribution in [-0.4, -0.2) is 18.2 Å². The second-order valence-corrected chi connectivity index (χ2v) is 4.07. The Hall–Kier alpha value is -3.07. The summed E-state index contributed by atoms with van der Waals surface area (Å²) in [6, 6.07) is 19.7. The Kier molecular flexibility index (Phi) is 12.0. The Labute approximate surface area is 137 Å². The minimum absolute atomic E-state index is 0.394. The first-order valence-corrected chi connectivity index (χ1v) is 6.91. The van der Waals surface area contributed by atoms with E-state index >= 15 is 0 Å². The number of carbonyl (C=O) groups excluding carboxylic acids is 1. The topological polar surface area (TPSA) is 46.5 Å². The van der Waals surface area contributed by atoms with Crippen molar-refractivity contribution in [3.8, 4) is 0 Å². The molecule has 0 saturated carbocycles. The molecule has 0 aromatic heterocycles. The predicted octanol–water partition coefficient (Wildman–Crippen LogP) is 4.89. The zero-order valence-corrected chi connectivity index (χ0v) is 13.3. The van der Waals surface area contributed by atoms with Gasteiger partial charge in [-0.3, -0.25) is 0 Å². The molecule has 1 N–H and O–H groups in total. The second-order valence-electron chi connectivity index (χ2n) is 4.07. The Balaban J connectivity index is 0.000000323. The number of esters is 1. The highest BCUT2D eigenvalue weighted by Gasteiger charge is 1.82. The number of carbonyl (C=O) groups is 1. The maximum Gasteiger partial charge on any atom is 0.329 e. The first-order chi connectivity index (χ1) is 11.2. The molecule has 2 rings (SSSR count). The number of aliphatic hydroxyl groups excluding tert-OH is 1. The molecule has 120 valence electrons. The van der Waals surface area contributed by atoms with Crippen LogP contribution in [0.25, 0.3) is 12.2 Å². The van der Waals surface area contributed by atoms with E-state index in [1.165, 1.54) is 12.7 Å². The van der Waals surface area contributed by atoms with E-state index in [-0.39, 0.29) is 0 Å². The highest BCUT2D eigenvalue weighted by molar-refractivity contribution is 5.80. The van der Waals surface area contributed by atoms with Crippen LogP contribution in [0.3, 0.4) is 0 Å². The quantitative estimate of drug-likeness (QED) is 0.499. The van der Waals surface area contributed by atoms with Gasteiger partial charge in [0.15, 0.2) is 0 Å². The number of methoxy groups -OCH3 is 1. The molecule has 0 unspecified atom stereocenters. The van der Waals surface area contributed by atoms with Gasteiger partial charge in [0.2, 0.25) is 0 Å². The molecule has 0 bridgehead atoms. The third kappa shape index (κ3) is 11.3. The van der Waals surface area contributed by atoms with Crippen LogP contribution in [0.4, 0.5) is 0 Å². The smallest absolute Gasteiger partial charge is 0.329 e. The molecular weight excluding hydrogens is 288 g/mol. The van der Waals surface area contributed by atoms with Gasteiger partial charge in [0.25, 0.3) is 0 Å². The molecule has 0 spiro atoms. The van der Waals surface area contributed by atoms with Crippen LogP contribution in [0.15, 0.2) is 86.2 Å². The van der Waals surface area contributed by atoms with E-state index < -0.39 is 5.97 Å². The Morgan fingerprint density at radius 1 is 0.957 bits per heavy atom. The predicted molar refractivity (Wildman–Crippen MR) is 96.9 cm³/mol. The van der Waals surface area contributed by atoms with Crippen molar-refractivity contribution in [3.05, 3.63) is 97.3 Å². The first kappa shape index (κ1) is 19.9. The molecule has 23 heavy (non-hydrogen) atoms. The standard InChI is InChI=1S/C8H8O.C8H8.C4H6O2/c9-7-6-8-4-2-1-3-5-8;1-2-8-6-4-3-5-7-8;1-3-4(5)6-2/h1-7,9H;2-7H,1H2;3H,1H2,2H3. The summed E-state index contributed by atoms with van der Waals surface area (Å²) in [6.45, 7) is 6.79. The van der Waals surface area contributed by atoms with Gasteiger partial charge >= 0.3 is 5.97 Å². The zero-order chi connectivity index (χ0) is 17.3. The van der Waals surface area contributed by atoms with E-state index in [1.807, 2.05) is 66.7 Å². The first-order valence-electron chi connectivity index (χ1n) is 6.91. The van der Waals surface area contributed by atoms with Crippen molar-refractivity contribution in [3.63, 3.8) is 0 Å². The Morgan fingerprint density at radius 3 is 1.70 bits per heavy atom. The second kappa shape index (κ2) is 13.9. The fourth-order valence-corrected chi connectivity index (χ4v) is 1.32. The molecule has 0 amide bonds. The van der Waals surface area contributed by atoms with Crippen LogP contribution >= 0.6 is 0 Å². The van der Waals surface area contributed by atoms with Crippen molar-refractivity contribution >= 4 is 18.1 Å². The normalized spacial score (nSPS) is 8.74. The fraction of sp³-hybridized carbons (Fsp3) is 0.0500. The van der Waals surface area contributed by atoms with Crippen molar-refractivity contribution in [1.29, 1.82) is 0 Å². The molecular formula is C20H22O3. The van der Waals surface area contributed by atoms with Crippen LogP contribution < -0.4 is 0 Å². The third-order valence-electron chi connectivity index (χ3n) is 2.47. The minimum atomic E-state index is -0.394. The van der Waals surface area contributed by atoms with Crippen molar-refractivity contribution in [1.82, 2.24) is 0 Å². The zero-order valence-electron chi connectivity index (χ0n) is 13.3. The molecule has 3 nitrogen and oxygen atoms in total. The van der Waals surface area contributed by atoms with Crippen molar-refractivity contribution in [2.75, 3.05) is 7.11 Å². The molecule has 0 radical (unpaired) electrons. The average molecular weight is 310 g/mol. The highest BCUT2D eigenvalue weighted by atomic mass is 16.5. The summed E-state index contributed by atoms with van der Waals surface area (Å²) < 4.78 is 4.14. The Morgan fingerprint density at radius 2 is 1.43 bits per heavy atom. The van der Waals surface area contributed by atoms with Gasteiger partial charge in [-0.15, -0.1) is 0 Å². The fourth-order valence-electron chi connectivity index (χ4n) is 1.32. The SMILES string of the molecule is C=CC(=O)OC.C=Cc1ccccc1.OC=Cc1ccccc1. The van der Waals surface area contributed by atoms with Gasteiger partial charge in [0.1, 0.15) is 0 Å². The van der Waals surface area contributed by atoms with Crippen LogP contribution in [-0.2, 0) is 9.53 Å². The molecule has 3 heteroatoms. The highest BCUT2D eigenvalue weighted by Crippen LogP contribution is 1.99. The summed E-state index contributed by atoms with van der Waals surface area (Å²) in [7, 11) is 1.31. The molecule has 0 fully saturated rings. The summed E-state index contributed by atoms with van der Waals surface area (Å²) in [4.78, 5) is 9.84. The molecule has 0 atom stereocenters. The molecule has 0 heterocycles. The number of rotatable bonds is 3. The van der Waals surface area contributed by atoms with E-state index in [0.717, 1.165) is 17.9 Å². The number of hydrogen-bond acceptors (Lipinski definition) is 3. The van der Waals surface area contributed by atoms with Crippen molar-refractivity contribution < 1.29 is 14.6 Å². The van der Waals surface area contributed by atoms with Crippen molar-refractivity contribution in [2.45, 2.75) is 0 Å². The van der Waals surface area contributed by atoms with Crippen LogP contribution in [0.5, 0.6) is 0 Å². The van der Waals surface area contributed by atoms with Gasteiger partial charge < -0.3 is 9.84 Å². The van der Waals surface area contributed by atoms with Crippen LogP contribution in [0, 0.1) is 0 Å². The molecule has 0 aliphatic carbocycles. The maximum atomic E-state index is 9.84. The number of aliphatic hydroxyl groups is 1. The van der Waals surface area contributed by atoms with Gasteiger partial charge in [-0.2, -0.15) is 0 Å². The van der Waals surface area contributed by atoms with Gasteiger partial charge in [0, 0.05) is 6.08 Å². The summed E-state index contributed by atoms with van der Waals surface area (Å²) in [5.74, 6) is -0.394. The summed E-state index contributed by atoms with van der Waals surface area (Å²) in [5, 5.41) is 8.34. The maximum absolute atomic E-state index is 9.84. The van der Waals surface area contributed by atoms with E-state index in [9.17, 15) is 4.79 Å². The van der Waals surface area contributed by atoms with Gasteiger partial charge in [0.05, 0.1) is 13.4 Å². The average Bonchev–Trinajstić information content (AvgIpc) is 2.64. The van der Waals surface area contributed by atoms with E-state index in [2.05, 4.69) is 17.9 Å². The molecule has 2 aromatic carbocycles. The van der Waals surface area contributed by atoms with Crippen LogP contribution in [0.2, 0.25) is 0 Å². The number of hydrogen-bond donors (Lipinski definition) is 1. The lowest BCUT2D eigenvalue weighted by atomic mass is 10.2. The minimum Gasteiger partial charge on any atom is -0.516 e. The molecule has 0 saturated heterocycles. The van der Waals surface area contributed by atoms with E-state index in [0.29, 0.717) is 0 Å². The van der Waals surface area contributed by atoms with E-state index in [1.54, 1.807) is 6.08 Å². The van der Waals surface area contributed by atoms with Gasteiger partial charge in [-0.1, -0.05) is 79.9 Å². The summed E-state index contributed by atoms with van der Waals surface area (Å²) in [6.07, 6.45) is 5.62. The number of benzene rings is 2. The molecule has 0 aliphatic heterocycles. The third-order valence-corrected chi connectivity index (χ3v) is 2.47. The number of ether oxygens (including phenoxy) is 1. The van der Waals surface area contributed by atoms with Crippen LogP contribution in [0.1, 0.15) is 11.1 Å². The lowest BCUT2D eigenvalue weighted by Gasteiger charge is -1.86. The summed E-state index contributed by atoms with van der Waals surface area (Å²) in [5.41, 5.74) is 2.19. The van der Waals surface area contributed by atoms with Gasteiger partial charge in [-0.05, 0) is 17.2 Å². The lowest BCUT2D eigenvalue weighted by molar-refractivity contribution is -0.134. The monoisotopic (exact) mass is 310 g/mol. The molecule has 0 aliphatic rings. The lowest BCUT2D eigenvalue weighted by Crippen LogP contribution is -1.91. The van der Waals surface area contributed by atoms with E-state index in [4.69, 9.17) is 5.11 Å². The Bertz CT molecular complexity index is 587. The largest absolute Gasteiger partial charge is 0.516 e. The van der Waals surface area contributed by atoms with Crippen molar-refractivity contribution in [2.24, 2.45) is 0 Å².